The minimum Gasteiger partial charge on any atom is -0.497 e. The van der Waals surface area contributed by atoms with Crippen molar-refractivity contribution in [3.05, 3.63) is 144 Å². The highest BCUT2D eigenvalue weighted by Crippen LogP contribution is 2.41. The Labute approximate surface area is 245 Å². The highest BCUT2D eigenvalue weighted by Gasteiger charge is 2.39. The molecule has 6 heteroatoms. The van der Waals surface area contributed by atoms with Crippen LogP contribution in [-0.4, -0.2) is 33.8 Å². The molecule has 0 unspecified atom stereocenters. The second-order valence-electron chi connectivity index (χ2n) is 9.55. The Morgan fingerprint density at radius 1 is 0.524 bits per heavy atom. The van der Waals surface area contributed by atoms with Gasteiger partial charge in [-0.15, -0.1) is 0 Å². The molecule has 0 aromatic heterocycles. The number of hydrogen-bond acceptors (Lipinski definition) is 6. The van der Waals surface area contributed by atoms with E-state index in [1.165, 1.54) is 7.11 Å². The van der Waals surface area contributed by atoms with Crippen molar-refractivity contribution in [2.45, 2.75) is 5.60 Å². The van der Waals surface area contributed by atoms with Crippen molar-refractivity contribution < 1.29 is 28.5 Å². The first-order valence-corrected chi connectivity index (χ1v) is 13.3. The third-order valence-corrected chi connectivity index (χ3v) is 7.34. The first kappa shape index (κ1) is 28.2. The molecule has 209 valence electrons. The van der Waals surface area contributed by atoms with Crippen molar-refractivity contribution in [1.82, 2.24) is 0 Å². The summed E-state index contributed by atoms with van der Waals surface area (Å²) in [5.41, 5.74) is 5.12. The lowest BCUT2D eigenvalue weighted by atomic mass is 9.79. The molecule has 0 bridgehead atoms. The summed E-state index contributed by atoms with van der Waals surface area (Å²) in [5, 5.41) is 0. The molecule has 0 saturated heterocycles. The fourth-order valence-electron chi connectivity index (χ4n) is 5.06. The highest BCUT2D eigenvalue weighted by molar-refractivity contribution is 5.89. The van der Waals surface area contributed by atoms with E-state index >= 15 is 0 Å². The molecule has 0 fully saturated rings. The lowest BCUT2D eigenvalue weighted by molar-refractivity contribution is 0.0600. The summed E-state index contributed by atoms with van der Waals surface area (Å²) in [4.78, 5) is 24.1. The van der Waals surface area contributed by atoms with Crippen LogP contribution in [-0.2, 0) is 19.9 Å². The third-order valence-electron chi connectivity index (χ3n) is 7.34. The summed E-state index contributed by atoms with van der Waals surface area (Å²) >= 11 is 0. The van der Waals surface area contributed by atoms with E-state index < -0.39 is 11.6 Å². The van der Waals surface area contributed by atoms with E-state index in [2.05, 4.69) is 0 Å². The molecule has 0 aliphatic rings. The lowest BCUT2D eigenvalue weighted by Crippen LogP contribution is -2.32. The Kier molecular flexibility index (Phi) is 8.34. The van der Waals surface area contributed by atoms with Crippen LogP contribution in [0.15, 0.2) is 121 Å². The molecule has 0 amide bonds. The lowest BCUT2D eigenvalue weighted by Gasteiger charge is -2.33. The SMILES string of the molecule is COC(=O)c1ccc(C(O[C]=O)(c2ccc(-c3ccc(OC)cc3)cc2)c2ccc(-c3ccc(OC)cc3)cc2)cc1. The van der Waals surface area contributed by atoms with Crippen molar-refractivity contribution in [2.75, 3.05) is 21.3 Å². The average molecular weight is 558 g/mol. The molecule has 0 heterocycles. The molecule has 5 rings (SSSR count). The van der Waals surface area contributed by atoms with E-state index in [4.69, 9.17) is 18.9 Å². The molecule has 5 aromatic carbocycles. The minimum absolute atomic E-state index is 0.384. The van der Waals surface area contributed by atoms with Gasteiger partial charge in [0.25, 0.3) is 0 Å². The molecule has 0 spiro atoms. The molecule has 6 nitrogen and oxygen atoms in total. The number of carbonyl (C=O) groups excluding carboxylic acids is 2. The number of ether oxygens (including phenoxy) is 4. The van der Waals surface area contributed by atoms with E-state index in [-0.39, 0.29) is 0 Å². The fraction of sp³-hybridized carbons (Fsp3) is 0.111. The summed E-state index contributed by atoms with van der Waals surface area (Å²) < 4.78 is 21.3. The normalized spacial score (nSPS) is 10.9. The number of benzene rings is 5. The van der Waals surface area contributed by atoms with Crippen LogP contribution in [0.3, 0.4) is 0 Å². The molecule has 1 radical (unpaired) electrons. The Morgan fingerprint density at radius 3 is 1.17 bits per heavy atom. The van der Waals surface area contributed by atoms with Crippen LogP contribution < -0.4 is 9.47 Å². The zero-order valence-electron chi connectivity index (χ0n) is 23.5. The van der Waals surface area contributed by atoms with Gasteiger partial charge in [-0.25, -0.2) is 9.59 Å². The number of carbonyl (C=O) groups is 1. The van der Waals surface area contributed by atoms with Gasteiger partial charge in [0.2, 0.25) is 0 Å². The van der Waals surface area contributed by atoms with Crippen molar-refractivity contribution in [2.24, 2.45) is 0 Å². The molecule has 0 aliphatic carbocycles. The molecular weight excluding hydrogens is 528 g/mol. The van der Waals surface area contributed by atoms with Crippen LogP contribution in [0.25, 0.3) is 22.3 Å². The zero-order chi connectivity index (χ0) is 29.5. The van der Waals surface area contributed by atoms with Crippen molar-refractivity contribution in [3.8, 4) is 33.8 Å². The summed E-state index contributed by atoms with van der Waals surface area (Å²) in [7, 11) is 4.60. The zero-order valence-corrected chi connectivity index (χ0v) is 23.5. The Hall–Kier alpha value is -5.36. The molecule has 0 saturated carbocycles. The summed E-state index contributed by atoms with van der Waals surface area (Å²) in [6.45, 7) is 1.70. The van der Waals surface area contributed by atoms with Gasteiger partial charge in [-0.05, 0) is 58.7 Å². The largest absolute Gasteiger partial charge is 0.497 e. The highest BCUT2D eigenvalue weighted by atomic mass is 16.5. The van der Waals surface area contributed by atoms with Gasteiger partial charge in [0.15, 0.2) is 5.60 Å². The molecule has 5 aromatic rings. The molecule has 42 heavy (non-hydrogen) atoms. The molecular formula is C36H29O6. The quantitative estimate of drug-likeness (QED) is 0.134. The molecule has 0 atom stereocenters. The van der Waals surface area contributed by atoms with Crippen LogP contribution in [0.5, 0.6) is 11.5 Å². The molecule has 0 aliphatic heterocycles. The maximum absolute atomic E-state index is 12.1. The van der Waals surface area contributed by atoms with E-state index in [1.54, 1.807) is 45.0 Å². The van der Waals surface area contributed by atoms with E-state index in [1.807, 2.05) is 97.1 Å². The Morgan fingerprint density at radius 2 is 0.857 bits per heavy atom. The Bertz CT molecular complexity index is 1550. The summed E-state index contributed by atoms with van der Waals surface area (Å²) in [5.74, 6) is 1.10. The van der Waals surface area contributed by atoms with Crippen LogP contribution in [0.1, 0.15) is 27.0 Å². The van der Waals surface area contributed by atoms with Crippen LogP contribution in [0.2, 0.25) is 0 Å². The van der Waals surface area contributed by atoms with Gasteiger partial charge in [-0.2, -0.15) is 0 Å². The van der Waals surface area contributed by atoms with Crippen molar-refractivity contribution in [3.63, 3.8) is 0 Å². The standard InChI is InChI=1S/C36H29O6/c1-39-33-20-10-27(11-21-33)25-4-14-30(15-5-25)36(42-24-37,32-18-8-29(9-19-32)35(38)41-3)31-16-6-26(7-17-31)28-12-22-34(40-2)23-13-28/h4-23H,1-3H3. The summed E-state index contributed by atoms with van der Waals surface area (Å²) in [6, 6.07) is 38.1. The molecule has 0 N–H and O–H groups in total. The second kappa shape index (κ2) is 12.4. The van der Waals surface area contributed by atoms with Gasteiger partial charge >= 0.3 is 12.4 Å². The van der Waals surface area contributed by atoms with Gasteiger partial charge in [-0.1, -0.05) is 84.9 Å². The predicted molar refractivity (Wildman–Crippen MR) is 161 cm³/mol. The number of hydrogen-bond donors (Lipinski definition) is 0. The van der Waals surface area contributed by atoms with Crippen LogP contribution >= 0.6 is 0 Å². The summed E-state index contributed by atoms with van der Waals surface area (Å²) in [6.07, 6.45) is 0. The van der Waals surface area contributed by atoms with Gasteiger partial charge in [-0.3, -0.25) is 0 Å². The topological polar surface area (TPSA) is 71.1 Å². The third kappa shape index (κ3) is 5.47. The van der Waals surface area contributed by atoms with Crippen LogP contribution in [0.4, 0.5) is 0 Å². The minimum atomic E-state index is -1.34. The second-order valence-corrected chi connectivity index (χ2v) is 9.55. The number of methoxy groups -OCH3 is 3. The monoisotopic (exact) mass is 557 g/mol. The average Bonchev–Trinajstić information content (AvgIpc) is 3.07. The first-order chi connectivity index (χ1) is 20.5. The smallest absolute Gasteiger partial charge is 0.419 e. The van der Waals surface area contributed by atoms with Gasteiger partial charge in [0.05, 0.1) is 26.9 Å². The van der Waals surface area contributed by atoms with E-state index in [0.29, 0.717) is 22.3 Å². The van der Waals surface area contributed by atoms with Gasteiger partial charge < -0.3 is 18.9 Å². The van der Waals surface area contributed by atoms with Gasteiger partial charge in [0.1, 0.15) is 11.5 Å². The van der Waals surface area contributed by atoms with Gasteiger partial charge in [0, 0.05) is 16.7 Å². The maximum atomic E-state index is 12.1. The predicted octanol–water partition coefficient (Wildman–Crippen LogP) is 7.20. The van der Waals surface area contributed by atoms with Crippen molar-refractivity contribution in [1.29, 1.82) is 0 Å². The Balaban J connectivity index is 1.62. The van der Waals surface area contributed by atoms with E-state index in [9.17, 15) is 9.59 Å². The number of rotatable bonds is 10. The maximum Gasteiger partial charge on any atom is 0.419 e. The first-order valence-electron chi connectivity index (χ1n) is 13.3. The van der Waals surface area contributed by atoms with Crippen molar-refractivity contribution >= 4 is 12.4 Å². The fourth-order valence-corrected chi connectivity index (χ4v) is 5.06. The number of esters is 1. The van der Waals surface area contributed by atoms with E-state index in [0.717, 1.165) is 33.8 Å². The van der Waals surface area contributed by atoms with Crippen LogP contribution in [0, 0.1) is 0 Å².